The molecule has 17 heteroatoms. The van der Waals surface area contributed by atoms with Gasteiger partial charge >= 0.3 is 5.97 Å². The first-order valence-electron chi connectivity index (χ1n) is 32.6. The summed E-state index contributed by atoms with van der Waals surface area (Å²) in [5, 5.41) is 91.1. The van der Waals surface area contributed by atoms with Gasteiger partial charge in [-0.15, -0.1) is 0 Å². The Morgan fingerprint density at radius 3 is 2.41 bits per heavy atom. The fraction of sp³-hybridized carbons (Fsp3) is 0.586. The number of H-pyrrole nitrogens is 1. The molecule has 0 radical (unpaired) electrons. The summed E-state index contributed by atoms with van der Waals surface area (Å²) in [4.78, 5) is 19.3. The second-order valence-electron chi connectivity index (χ2n) is 28.5. The number of carbonyl (C=O) groups is 1. The van der Waals surface area contributed by atoms with Crippen LogP contribution in [-0.2, 0) is 31.7 Å². The number of ether oxygens (including phenoxy) is 3. The molecule has 5 saturated heterocycles. The van der Waals surface area contributed by atoms with E-state index in [1.54, 1.807) is 10.8 Å². The van der Waals surface area contributed by atoms with Crippen LogP contribution in [0.4, 0.5) is 0 Å². The Labute approximate surface area is 524 Å². The molecule has 1 aromatic heterocycles. The van der Waals surface area contributed by atoms with E-state index in [1.807, 2.05) is 75.8 Å². The van der Waals surface area contributed by atoms with Crippen molar-refractivity contribution in [1.82, 2.24) is 15.6 Å². The quantitative estimate of drug-likeness (QED) is 0.0271. The number of hydrogen-bond acceptors (Lipinski definition) is 16. The topological polar surface area (TPSA) is 206 Å². The Morgan fingerprint density at radius 1 is 0.793 bits per heavy atom. The average molecular weight is 1250 g/mol. The van der Waals surface area contributed by atoms with Crippen molar-refractivity contribution in [2.24, 2.45) is 52.8 Å². The van der Waals surface area contributed by atoms with E-state index in [1.165, 1.54) is 36.0 Å². The van der Waals surface area contributed by atoms with Crippen molar-refractivity contribution in [2.45, 2.75) is 165 Å². The van der Waals surface area contributed by atoms with Gasteiger partial charge in [-0.2, -0.15) is 0 Å². The van der Waals surface area contributed by atoms with E-state index in [0.29, 0.717) is 42.6 Å². The molecule has 11 fully saturated rings. The van der Waals surface area contributed by atoms with E-state index >= 15 is 4.79 Å². The number of aromatic nitrogens is 1. The number of nitrogens with one attached hydrogen (secondary N) is 3. The summed E-state index contributed by atoms with van der Waals surface area (Å²) in [5.41, 5.74) is 1.00. The number of aromatic amines is 1. The third kappa shape index (κ3) is 7.93. The summed E-state index contributed by atoms with van der Waals surface area (Å²) >= 11 is 0. The van der Waals surface area contributed by atoms with E-state index < -0.39 is 83.1 Å². The number of esters is 1. The fourth-order valence-electron chi connectivity index (χ4n) is 22.3. The third-order valence-corrected chi connectivity index (χ3v) is 31.5. The Morgan fingerprint density at radius 2 is 1.60 bits per heavy atom. The zero-order chi connectivity index (χ0) is 58.9. The van der Waals surface area contributed by atoms with Gasteiger partial charge in [0.15, 0.2) is 17.5 Å². The number of aliphatic hydroxyl groups excluding tert-OH is 3. The SMILES string of the molecule is CNC1CSSC2CSSC(CNCCC3(c4ccccc4)CCCCC3)C3CC4C5CC1C(O)C1(CCC6CC7CCC8C2c2cc(O)ccc2C61C78)C5OC1C(C(=O)Oc2c(CO)[nH]c5ccc6cc7ccccc7cc6c25)OC(O)(C3O)C41O. The van der Waals surface area contributed by atoms with Gasteiger partial charge in [0.25, 0.3) is 0 Å². The summed E-state index contributed by atoms with van der Waals surface area (Å²) < 4.78 is 21.5. The minimum Gasteiger partial charge on any atom is -0.508 e. The van der Waals surface area contributed by atoms with Crippen LogP contribution in [0.15, 0.2) is 97.1 Å². The summed E-state index contributed by atoms with van der Waals surface area (Å²) in [6.07, 6.45) is 5.93. The van der Waals surface area contributed by atoms with Crippen LogP contribution < -0.4 is 15.4 Å². The number of phenols is 1. The van der Waals surface area contributed by atoms with Crippen LogP contribution in [0.2, 0.25) is 0 Å². The van der Waals surface area contributed by atoms with Crippen LogP contribution in [0, 0.1) is 52.8 Å². The highest BCUT2D eigenvalue weighted by atomic mass is 33.1. The van der Waals surface area contributed by atoms with Gasteiger partial charge in [0.05, 0.1) is 35.4 Å². The lowest BCUT2D eigenvalue weighted by Gasteiger charge is -2.69. The molecule has 87 heavy (non-hydrogen) atoms. The summed E-state index contributed by atoms with van der Waals surface area (Å²) in [6.45, 7) is 0.807. The zero-order valence-electron chi connectivity index (χ0n) is 49.2. The minimum atomic E-state index is -2.69. The number of benzene rings is 5. The molecule has 14 aliphatic rings. The molecule has 460 valence electrons. The van der Waals surface area contributed by atoms with Crippen LogP contribution in [-0.4, -0.2) is 132 Å². The van der Waals surface area contributed by atoms with E-state index in [4.69, 9.17) is 14.2 Å². The average Bonchev–Trinajstić information content (AvgIpc) is 1.53. The van der Waals surface area contributed by atoms with Crippen molar-refractivity contribution in [2.75, 3.05) is 31.6 Å². The van der Waals surface area contributed by atoms with Gasteiger partial charge in [0, 0.05) is 69.1 Å². The molecule has 13 nitrogen and oxygen atoms in total. The molecule has 7 aliphatic heterocycles. The molecule has 7 aliphatic carbocycles. The lowest BCUT2D eigenvalue weighted by Crippen LogP contribution is -2.80. The molecular formula is C70H81N3O10S4. The number of carbonyl (C=O) groups excluding carboxylic acids is 1. The lowest BCUT2D eigenvalue weighted by molar-refractivity contribution is -0.381. The van der Waals surface area contributed by atoms with Crippen molar-refractivity contribution < 1.29 is 49.6 Å². The number of aliphatic hydroxyl groups is 5. The maximum Gasteiger partial charge on any atom is 0.343 e. The lowest BCUT2D eigenvalue weighted by atomic mass is 9.39. The molecular weight excluding hydrogens is 1170 g/mol. The van der Waals surface area contributed by atoms with E-state index in [2.05, 4.69) is 76.3 Å². The first-order valence-corrected chi connectivity index (χ1v) is 37.4. The standard InChI is InChI=1S/C70H81N3O10S4/c1-71-53-34-84-87-55-35-85-86-54(32-72-25-24-66(21-8-3-9-22-66)40-12-4-2-5-13-40)48-31-50-46-30-47(53)61(76)67(23-20-41-27-39-14-17-43-56(55)45-29-42(75)16-18-49(45)68(41,67)58(39)43)63(46)82-64-60(83-70(80,62(48)77)69(50,64)79)65(78)81-59-52(33-74)73-51-19-15-38-26-36-10-6-7-11-37(36)28-44(38)57(51)59/h2,4-7,10-13,15-16,18-19,26,28-29,39,41,43,46-48,50,53-56,58,60-64,71-77,79-80H,3,8-9,14,17,20-25,27,30-35H2,1H3. The van der Waals surface area contributed by atoms with Crippen LogP contribution >= 0.6 is 43.2 Å². The molecule has 6 aromatic rings. The number of rotatable bonds is 10. The molecule has 20 rings (SSSR count). The van der Waals surface area contributed by atoms with Crippen LogP contribution in [0.5, 0.6) is 11.5 Å². The van der Waals surface area contributed by atoms with Gasteiger partial charge in [0.2, 0.25) is 5.79 Å². The van der Waals surface area contributed by atoms with Gasteiger partial charge in [-0.3, -0.25) is 0 Å². The smallest absolute Gasteiger partial charge is 0.343 e. The molecule has 9 N–H and O–H groups in total. The van der Waals surface area contributed by atoms with E-state index in [9.17, 15) is 30.6 Å². The normalized spacial score (nSPS) is 42.0. The summed E-state index contributed by atoms with van der Waals surface area (Å²) in [5.74, 6) is -2.52. The second kappa shape index (κ2) is 21.3. The van der Waals surface area contributed by atoms with Crippen molar-refractivity contribution in [3.05, 3.63) is 119 Å². The molecule has 9 bridgehead atoms. The summed E-state index contributed by atoms with van der Waals surface area (Å²) in [6, 6.07) is 33.3. The van der Waals surface area contributed by atoms with E-state index in [0.717, 1.165) is 84.5 Å². The van der Waals surface area contributed by atoms with Gasteiger partial charge in [0.1, 0.15) is 18.0 Å². The highest BCUT2D eigenvalue weighted by Gasteiger charge is 2.85. The molecule has 5 aromatic carbocycles. The number of hydrogen-bond donors (Lipinski definition) is 9. The van der Waals surface area contributed by atoms with Crippen molar-refractivity contribution in [3.63, 3.8) is 0 Å². The highest BCUT2D eigenvalue weighted by molar-refractivity contribution is 8.78. The van der Waals surface area contributed by atoms with Crippen LogP contribution in [0.25, 0.3) is 32.4 Å². The number of aromatic hydroxyl groups is 1. The molecule has 21 atom stereocenters. The summed E-state index contributed by atoms with van der Waals surface area (Å²) in [7, 11) is 9.53. The van der Waals surface area contributed by atoms with Gasteiger partial charge < -0.3 is 60.5 Å². The first-order chi connectivity index (χ1) is 42.4. The first kappa shape index (κ1) is 57.4. The van der Waals surface area contributed by atoms with Gasteiger partial charge in [-0.05, 0) is 181 Å². The van der Waals surface area contributed by atoms with Gasteiger partial charge in [-0.1, -0.05) is 129 Å². The molecule has 8 heterocycles. The molecule has 6 saturated carbocycles. The minimum absolute atomic E-state index is 0.0590. The third-order valence-electron chi connectivity index (χ3n) is 25.5. The largest absolute Gasteiger partial charge is 0.508 e. The Balaban J connectivity index is 0.838. The van der Waals surface area contributed by atoms with Crippen molar-refractivity contribution in [1.29, 1.82) is 0 Å². The number of phenolic OH excluding ortho intramolecular Hbond substituents is 1. The molecule has 2 spiro atoms. The maximum absolute atomic E-state index is 16.0. The maximum atomic E-state index is 16.0. The van der Waals surface area contributed by atoms with Crippen LogP contribution in [0.3, 0.4) is 0 Å². The Bertz CT molecular complexity index is 3680. The van der Waals surface area contributed by atoms with Crippen LogP contribution in [0.1, 0.15) is 112 Å². The Kier molecular flexibility index (Phi) is 14.0. The zero-order valence-corrected chi connectivity index (χ0v) is 52.5. The fourth-order valence-corrected chi connectivity index (χ4v) is 29.3. The molecule has 21 unspecified atom stereocenters. The van der Waals surface area contributed by atoms with Crippen molar-refractivity contribution in [3.8, 4) is 11.5 Å². The van der Waals surface area contributed by atoms with Gasteiger partial charge in [-0.25, -0.2) is 4.79 Å². The monoisotopic (exact) mass is 1250 g/mol. The highest BCUT2D eigenvalue weighted by Crippen LogP contribution is 2.82. The predicted molar refractivity (Wildman–Crippen MR) is 345 cm³/mol. The second-order valence-corrected chi connectivity index (χ2v) is 33.8. The van der Waals surface area contributed by atoms with E-state index in [-0.39, 0.29) is 68.7 Å². The van der Waals surface area contributed by atoms with Crippen molar-refractivity contribution >= 4 is 81.6 Å². The predicted octanol–water partition coefficient (Wildman–Crippen LogP) is 10.6. The Hall–Kier alpha value is -3.53. The number of fused-ring (bicyclic) bond motifs is 4. The molecule has 0 amide bonds.